The highest BCUT2D eigenvalue weighted by atomic mass is 35.5. The van der Waals surface area contributed by atoms with Gasteiger partial charge in [-0.2, -0.15) is 0 Å². The third kappa shape index (κ3) is 3.52. The molecular weight excluding hydrogens is 272 g/mol. The average Bonchev–Trinajstić information content (AvgIpc) is 2.37. The molecule has 0 bridgehead atoms. The van der Waals surface area contributed by atoms with Gasteiger partial charge in [-0.15, -0.1) is 0 Å². The van der Waals surface area contributed by atoms with E-state index in [1.807, 2.05) is 51.1 Å². The van der Waals surface area contributed by atoms with Crippen molar-refractivity contribution in [2.75, 3.05) is 10.6 Å². The van der Waals surface area contributed by atoms with Crippen molar-refractivity contribution in [3.8, 4) is 0 Å². The van der Waals surface area contributed by atoms with Gasteiger partial charge in [0.1, 0.15) is 0 Å². The number of amides is 2. The Morgan fingerprint density at radius 2 is 1.70 bits per heavy atom. The largest absolute Gasteiger partial charge is 0.323 e. The molecule has 104 valence electrons. The van der Waals surface area contributed by atoms with Crippen molar-refractivity contribution in [1.29, 1.82) is 0 Å². The molecule has 0 atom stereocenters. The SMILES string of the molecule is Cc1ccc(NC(=O)Nc2ccc(C)c(C)c2)c(Cl)c1. The van der Waals surface area contributed by atoms with Gasteiger partial charge in [-0.25, -0.2) is 4.79 Å². The van der Waals surface area contributed by atoms with Gasteiger partial charge in [0.05, 0.1) is 10.7 Å². The summed E-state index contributed by atoms with van der Waals surface area (Å²) in [5, 5.41) is 6.06. The van der Waals surface area contributed by atoms with Crippen molar-refractivity contribution in [1.82, 2.24) is 0 Å². The standard InChI is InChI=1S/C16H17ClN2O/c1-10-4-7-15(14(17)8-10)19-16(20)18-13-6-5-11(2)12(3)9-13/h4-9H,1-3H3,(H2,18,19,20). The van der Waals surface area contributed by atoms with Crippen LogP contribution in [0.25, 0.3) is 0 Å². The van der Waals surface area contributed by atoms with E-state index in [9.17, 15) is 4.79 Å². The second-order valence-electron chi connectivity index (χ2n) is 4.86. The molecule has 20 heavy (non-hydrogen) atoms. The molecule has 0 aliphatic heterocycles. The lowest BCUT2D eigenvalue weighted by Crippen LogP contribution is -2.19. The summed E-state index contributed by atoms with van der Waals surface area (Å²) in [6.07, 6.45) is 0. The van der Waals surface area contributed by atoms with Crippen LogP contribution in [0.2, 0.25) is 5.02 Å². The summed E-state index contributed by atoms with van der Waals surface area (Å²) in [4.78, 5) is 11.9. The number of halogens is 1. The second kappa shape index (κ2) is 5.97. The molecule has 0 unspecified atom stereocenters. The zero-order chi connectivity index (χ0) is 14.7. The smallest absolute Gasteiger partial charge is 0.308 e. The van der Waals surface area contributed by atoms with Crippen LogP contribution in [-0.4, -0.2) is 6.03 Å². The topological polar surface area (TPSA) is 41.1 Å². The first-order valence-electron chi connectivity index (χ1n) is 6.37. The summed E-state index contributed by atoms with van der Waals surface area (Å²) >= 11 is 6.08. The maximum Gasteiger partial charge on any atom is 0.323 e. The summed E-state index contributed by atoms with van der Waals surface area (Å²) in [7, 11) is 0. The number of carbonyl (C=O) groups excluding carboxylic acids is 1. The molecule has 2 rings (SSSR count). The lowest BCUT2D eigenvalue weighted by molar-refractivity contribution is 0.262. The number of urea groups is 1. The van der Waals surface area contributed by atoms with Crippen molar-refractivity contribution in [2.24, 2.45) is 0 Å². The molecule has 2 aromatic carbocycles. The Hall–Kier alpha value is -2.00. The number of aryl methyl sites for hydroxylation is 3. The third-order valence-corrected chi connectivity index (χ3v) is 3.45. The van der Waals surface area contributed by atoms with Crippen LogP contribution in [0.4, 0.5) is 16.2 Å². The van der Waals surface area contributed by atoms with Crippen LogP contribution in [0.3, 0.4) is 0 Å². The molecule has 2 N–H and O–H groups in total. The van der Waals surface area contributed by atoms with Crippen molar-refractivity contribution in [2.45, 2.75) is 20.8 Å². The predicted molar refractivity (Wildman–Crippen MR) is 84.7 cm³/mol. The van der Waals surface area contributed by atoms with E-state index in [1.54, 1.807) is 6.07 Å². The Morgan fingerprint density at radius 1 is 0.950 bits per heavy atom. The van der Waals surface area contributed by atoms with E-state index in [1.165, 1.54) is 5.56 Å². The predicted octanol–water partition coefficient (Wildman–Crippen LogP) is 4.91. The van der Waals surface area contributed by atoms with Gasteiger partial charge < -0.3 is 10.6 Å². The molecule has 3 nitrogen and oxygen atoms in total. The first-order chi connectivity index (χ1) is 9.45. The minimum Gasteiger partial charge on any atom is -0.308 e. The highest BCUT2D eigenvalue weighted by Gasteiger charge is 2.06. The second-order valence-corrected chi connectivity index (χ2v) is 5.27. The monoisotopic (exact) mass is 288 g/mol. The van der Waals surface area contributed by atoms with Crippen molar-refractivity contribution in [3.05, 3.63) is 58.1 Å². The Balaban J connectivity index is 2.07. The number of nitrogens with one attached hydrogen (secondary N) is 2. The van der Waals surface area contributed by atoms with Crippen LogP contribution in [0.5, 0.6) is 0 Å². The van der Waals surface area contributed by atoms with Crippen LogP contribution < -0.4 is 10.6 Å². The van der Waals surface area contributed by atoms with E-state index < -0.39 is 0 Å². The van der Waals surface area contributed by atoms with Crippen molar-refractivity contribution >= 4 is 29.0 Å². The molecule has 0 radical (unpaired) electrons. The number of carbonyl (C=O) groups is 1. The zero-order valence-electron chi connectivity index (χ0n) is 11.8. The molecule has 0 heterocycles. The first kappa shape index (κ1) is 14.4. The Morgan fingerprint density at radius 3 is 2.35 bits per heavy atom. The van der Waals surface area contributed by atoms with Gasteiger partial charge in [0.15, 0.2) is 0 Å². The normalized spacial score (nSPS) is 10.2. The van der Waals surface area contributed by atoms with E-state index >= 15 is 0 Å². The van der Waals surface area contributed by atoms with Gasteiger partial charge in [0.2, 0.25) is 0 Å². The number of benzene rings is 2. The van der Waals surface area contributed by atoms with Gasteiger partial charge in [0, 0.05) is 5.69 Å². The fourth-order valence-corrected chi connectivity index (χ4v) is 2.11. The number of anilines is 2. The maximum absolute atomic E-state index is 11.9. The van der Waals surface area contributed by atoms with E-state index in [2.05, 4.69) is 10.6 Å². The summed E-state index contributed by atoms with van der Waals surface area (Å²) in [6, 6.07) is 11.0. The van der Waals surface area contributed by atoms with Crippen LogP contribution in [0, 0.1) is 20.8 Å². The quantitative estimate of drug-likeness (QED) is 0.810. The molecule has 4 heteroatoms. The third-order valence-electron chi connectivity index (χ3n) is 3.14. The molecule has 0 fully saturated rings. The molecule has 2 amide bonds. The van der Waals surface area contributed by atoms with Crippen molar-refractivity contribution < 1.29 is 4.79 Å². The molecule has 0 saturated carbocycles. The zero-order valence-corrected chi connectivity index (χ0v) is 12.5. The Kier molecular flexibility index (Phi) is 4.30. The Bertz CT molecular complexity index is 653. The van der Waals surface area contributed by atoms with E-state index in [4.69, 9.17) is 11.6 Å². The van der Waals surface area contributed by atoms with E-state index in [-0.39, 0.29) is 6.03 Å². The molecule has 0 aliphatic carbocycles. The molecule has 0 spiro atoms. The summed E-state index contributed by atoms with van der Waals surface area (Å²) in [5.41, 5.74) is 4.73. The van der Waals surface area contributed by atoms with Crippen LogP contribution >= 0.6 is 11.6 Å². The van der Waals surface area contributed by atoms with E-state index in [0.29, 0.717) is 10.7 Å². The lowest BCUT2D eigenvalue weighted by atomic mass is 10.1. The highest BCUT2D eigenvalue weighted by molar-refractivity contribution is 6.33. The van der Waals surface area contributed by atoms with Crippen LogP contribution in [-0.2, 0) is 0 Å². The minimum atomic E-state index is -0.306. The maximum atomic E-state index is 11.9. The van der Waals surface area contributed by atoms with Gasteiger partial charge in [0.25, 0.3) is 0 Å². The average molecular weight is 289 g/mol. The molecular formula is C16H17ClN2O. The fraction of sp³-hybridized carbons (Fsp3) is 0.188. The molecule has 0 saturated heterocycles. The number of hydrogen-bond donors (Lipinski definition) is 2. The van der Waals surface area contributed by atoms with Gasteiger partial charge in [-0.1, -0.05) is 23.7 Å². The number of hydrogen-bond acceptors (Lipinski definition) is 1. The molecule has 0 aromatic heterocycles. The summed E-state index contributed by atoms with van der Waals surface area (Å²) in [5.74, 6) is 0. The minimum absolute atomic E-state index is 0.306. The number of rotatable bonds is 2. The van der Waals surface area contributed by atoms with Crippen LogP contribution in [0.15, 0.2) is 36.4 Å². The van der Waals surface area contributed by atoms with Crippen LogP contribution in [0.1, 0.15) is 16.7 Å². The van der Waals surface area contributed by atoms with Crippen molar-refractivity contribution in [3.63, 3.8) is 0 Å². The van der Waals surface area contributed by atoms with Gasteiger partial charge in [-0.05, 0) is 61.7 Å². The van der Waals surface area contributed by atoms with Gasteiger partial charge in [-0.3, -0.25) is 0 Å². The first-order valence-corrected chi connectivity index (χ1v) is 6.75. The fourth-order valence-electron chi connectivity index (χ4n) is 1.83. The summed E-state index contributed by atoms with van der Waals surface area (Å²) in [6.45, 7) is 5.99. The molecule has 2 aromatic rings. The van der Waals surface area contributed by atoms with Gasteiger partial charge >= 0.3 is 6.03 Å². The lowest BCUT2D eigenvalue weighted by Gasteiger charge is -2.10. The van der Waals surface area contributed by atoms with E-state index in [0.717, 1.165) is 16.8 Å². The highest BCUT2D eigenvalue weighted by Crippen LogP contribution is 2.23. The Labute approximate surface area is 124 Å². The summed E-state index contributed by atoms with van der Waals surface area (Å²) < 4.78 is 0. The molecule has 0 aliphatic rings.